The van der Waals surface area contributed by atoms with Gasteiger partial charge in [-0.3, -0.25) is 0 Å². The number of aryl methyl sites for hydroxylation is 1. The van der Waals surface area contributed by atoms with Crippen LogP contribution in [-0.2, 0) is 31.9 Å². The van der Waals surface area contributed by atoms with Crippen LogP contribution in [0.25, 0.3) is 0 Å². The molecule has 0 unspecified atom stereocenters. The normalized spacial score (nSPS) is 9.41. The Hall–Kier alpha value is 1.16. The van der Waals surface area contributed by atoms with Crippen molar-refractivity contribution in [2.24, 2.45) is 0 Å². The molecule has 0 aromatic heterocycles. The van der Waals surface area contributed by atoms with Crippen LogP contribution < -0.4 is 0 Å². The van der Waals surface area contributed by atoms with Crippen molar-refractivity contribution >= 4 is 62.0 Å². The van der Waals surface area contributed by atoms with Gasteiger partial charge in [0, 0.05) is 21.1 Å². The summed E-state index contributed by atoms with van der Waals surface area (Å²) in [6, 6.07) is 4.18. The molecular formula is C15H29Cl5OW. The molecular weight excluding hydrogens is 557 g/mol. The molecule has 0 heterocycles. The third kappa shape index (κ3) is 10.1. The first kappa shape index (κ1) is 38.6. The standard InChI is InChI=1S/C15H24O.5ClH.W/c1-10-8-11(14(2,3)4)13(16)12(9-10)15(5,6)7;;;;;;/h8-9,16H,1-7H3;5*1H;. The smallest absolute Gasteiger partial charge is 0.123 e. The quantitative estimate of drug-likeness (QED) is 0.373. The second kappa shape index (κ2) is 13.4. The van der Waals surface area contributed by atoms with E-state index in [9.17, 15) is 5.11 Å². The predicted octanol–water partition coefficient (Wildman–Crippen LogP) is 6.40. The molecule has 0 amide bonds. The minimum absolute atomic E-state index is 0. The van der Waals surface area contributed by atoms with Crippen molar-refractivity contribution in [2.45, 2.75) is 59.3 Å². The van der Waals surface area contributed by atoms with Crippen LogP contribution in [-0.4, -0.2) is 5.11 Å². The fourth-order valence-corrected chi connectivity index (χ4v) is 1.92. The molecule has 1 aromatic rings. The zero-order valence-electron chi connectivity index (χ0n) is 14.1. The van der Waals surface area contributed by atoms with Crippen LogP contribution in [0, 0.1) is 6.92 Å². The Balaban J connectivity index is -0.000000107. The molecule has 0 bridgehead atoms. The zero-order chi connectivity index (χ0) is 12.7. The van der Waals surface area contributed by atoms with E-state index in [-0.39, 0.29) is 93.9 Å². The third-order valence-corrected chi connectivity index (χ3v) is 2.87. The molecule has 0 aliphatic rings. The summed E-state index contributed by atoms with van der Waals surface area (Å²) in [5.41, 5.74) is 3.26. The van der Waals surface area contributed by atoms with Crippen LogP contribution in [0.1, 0.15) is 58.2 Å². The van der Waals surface area contributed by atoms with Crippen molar-refractivity contribution < 1.29 is 26.2 Å². The molecule has 22 heavy (non-hydrogen) atoms. The van der Waals surface area contributed by atoms with E-state index in [1.807, 2.05) is 0 Å². The SMILES string of the molecule is Cc1cc(C(C)(C)C)c(O)c(C(C)(C)C)c1.Cl.Cl.Cl.Cl.Cl.[W]. The van der Waals surface area contributed by atoms with Crippen molar-refractivity contribution in [3.8, 4) is 5.75 Å². The summed E-state index contributed by atoms with van der Waals surface area (Å²) in [6.07, 6.45) is 0. The summed E-state index contributed by atoms with van der Waals surface area (Å²) in [6.45, 7) is 14.9. The maximum absolute atomic E-state index is 10.4. The van der Waals surface area contributed by atoms with Crippen LogP contribution in [0.4, 0.5) is 0 Å². The van der Waals surface area contributed by atoms with Crippen LogP contribution in [0.3, 0.4) is 0 Å². The van der Waals surface area contributed by atoms with Crippen LogP contribution in [0.5, 0.6) is 5.75 Å². The molecule has 0 aliphatic carbocycles. The molecule has 0 spiro atoms. The number of benzene rings is 1. The molecule has 0 atom stereocenters. The Morgan fingerprint density at radius 3 is 1.09 bits per heavy atom. The Labute approximate surface area is 181 Å². The topological polar surface area (TPSA) is 20.2 Å². The molecule has 0 fully saturated rings. The van der Waals surface area contributed by atoms with Gasteiger partial charge in [0.25, 0.3) is 0 Å². The summed E-state index contributed by atoms with van der Waals surface area (Å²) >= 11 is 0. The molecule has 7 heteroatoms. The summed E-state index contributed by atoms with van der Waals surface area (Å²) in [5.74, 6) is 0.464. The second-order valence-electron chi connectivity index (χ2n) is 6.71. The van der Waals surface area contributed by atoms with E-state index in [1.54, 1.807) is 0 Å². The van der Waals surface area contributed by atoms with Crippen LogP contribution in [0.2, 0.25) is 0 Å². The summed E-state index contributed by atoms with van der Waals surface area (Å²) in [7, 11) is 0. The second-order valence-corrected chi connectivity index (χ2v) is 6.71. The molecule has 1 nitrogen and oxygen atoms in total. The van der Waals surface area contributed by atoms with E-state index in [0.29, 0.717) is 5.75 Å². The van der Waals surface area contributed by atoms with Gasteiger partial charge >= 0.3 is 0 Å². The number of hydrogen-bond donors (Lipinski definition) is 1. The number of rotatable bonds is 0. The van der Waals surface area contributed by atoms with Crippen molar-refractivity contribution in [2.75, 3.05) is 0 Å². The van der Waals surface area contributed by atoms with Crippen LogP contribution in [0.15, 0.2) is 12.1 Å². The summed E-state index contributed by atoms with van der Waals surface area (Å²) < 4.78 is 0. The van der Waals surface area contributed by atoms with Gasteiger partial charge in [-0.2, -0.15) is 0 Å². The zero-order valence-corrected chi connectivity index (χ0v) is 21.1. The van der Waals surface area contributed by atoms with Gasteiger partial charge in [0.15, 0.2) is 0 Å². The fraction of sp³-hybridized carbons (Fsp3) is 0.600. The molecule has 0 aliphatic heterocycles. The van der Waals surface area contributed by atoms with Crippen molar-refractivity contribution in [3.05, 3.63) is 28.8 Å². The van der Waals surface area contributed by atoms with Gasteiger partial charge in [0.05, 0.1) is 0 Å². The predicted molar refractivity (Wildman–Crippen MR) is 106 cm³/mol. The van der Waals surface area contributed by atoms with Gasteiger partial charge in [-0.05, 0) is 28.9 Å². The molecule has 0 saturated carbocycles. The number of hydrogen-bond acceptors (Lipinski definition) is 1. The molecule has 1 N–H and O–H groups in total. The number of halogens is 5. The van der Waals surface area contributed by atoms with Crippen LogP contribution >= 0.6 is 62.0 Å². The average molecular weight is 587 g/mol. The maximum Gasteiger partial charge on any atom is 0.123 e. The van der Waals surface area contributed by atoms with E-state index >= 15 is 0 Å². The van der Waals surface area contributed by atoms with Gasteiger partial charge in [0.1, 0.15) is 5.75 Å². The molecule has 1 rings (SSSR count). The minimum atomic E-state index is -0.0178. The Morgan fingerprint density at radius 2 is 0.909 bits per heavy atom. The third-order valence-electron chi connectivity index (χ3n) is 2.87. The Bertz CT molecular complexity index is 376. The number of aromatic hydroxyl groups is 1. The maximum atomic E-state index is 10.4. The Kier molecular flexibility index (Phi) is 23.6. The van der Waals surface area contributed by atoms with Gasteiger partial charge in [0.2, 0.25) is 0 Å². The fourth-order valence-electron chi connectivity index (χ4n) is 1.92. The van der Waals surface area contributed by atoms with Gasteiger partial charge in [-0.25, -0.2) is 0 Å². The van der Waals surface area contributed by atoms with E-state index in [1.165, 1.54) is 5.56 Å². The van der Waals surface area contributed by atoms with E-state index < -0.39 is 0 Å². The van der Waals surface area contributed by atoms with Gasteiger partial charge < -0.3 is 5.11 Å². The first-order valence-electron chi connectivity index (χ1n) is 5.88. The Morgan fingerprint density at radius 1 is 0.682 bits per heavy atom. The van der Waals surface area contributed by atoms with Crippen molar-refractivity contribution in [3.63, 3.8) is 0 Å². The summed E-state index contributed by atoms with van der Waals surface area (Å²) in [4.78, 5) is 0. The van der Waals surface area contributed by atoms with E-state index in [2.05, 4.69) is 60.6 Å². The van der Waals surface area contributed by atoms with Gasteiger partial charge in [-0.1, -0.05) is 59.2 Å². The first-order chi connectivity index (χ1) is 7.03. The van der Waals surface area contributed by atoms with Crippen molar-refractivity contribution in [1.82, 2.24) is 0 Å². The number of phenols is 1. The first-order valence-corrected chi connectivity index (χ1v) is 5.88. The minimum Gasteiger partial charge on any atom is -0.507 e. The molecule has 0 radical (unpaired) electrons. The summed E-state index contributed by atoms with van der Waals surface area (Å²) in [5, 5.41) is 10.4. The monoisotopic (exact) mass is 584 g/mol. The number of phenolic OH excluding ortho intramolecular Hbond substituents is 1. The van der Waals surface area contributed by atoms with E-state index in [4.69, 9.17) is 0 Å². The molecule has 136 valence electrons. The largest absolute Gasteiger partial charge is 0.507 e. The van der Waals surface area contributed by atoms with Crippen molar-refractivity contribution in [1.29, 1.82) is 0 Å². The van der Waals surface area contributed by atoms with E-state index in [0.717, 1.165) is 11.1 Å². The van der Waals surface area contributed by atoms with Gasteiger partial charge in [-0.15, -0.1) is 62.0 Å². The molecule has 1 aromatic carbocycles. The molecule has 0 saturated heterocycles. The average Bonchev–Trinajstić information content (AvgIpc) is 2.04.